The second-order valence-corrected chi connectivity index (χ2v) is 4.16. The van der Waals surface area contributed by atoms with E-state index in [-0.39, 0.29) is 12.1 Å². The predicted molar refractivity (Wildman–Crippen MR) is 61.8 cm³/mol. The molecule has 0 bridgehead atoms. The van der Waals surface area contributed by atoms with Gasteiger partial charge in [-0.15, -0.1) is 0 Å². The lowest BCUT2D eigenvalue weighted by molar-refractivity contribution is 0.166. The molecule has 0 saturated carbocycles. The predicted octanol–water partition coefficient (Wildman–Crippen LogP) is 0.0929. The summed E-state index contributed by atoms with van der Waals surface area (Å²) in [5, 5.41) is 2.78. The van der Waals surface area contributed by atoms with Crippen molar-refractivity contribution < 1.29 is 9.53 Å². The van der Waals surface area contributed by atoms with Crippen molar-refractivity contribution in [2.24, 2.45) is 5.73 Å². The fraction of sp³-hybridized carbons (Fsp3) is 0.778. The summed E-state index contributed by atoms with van der Waals surface area (Å²) in [5.74, 6) is 0. The number of thiocarbonyl (C=S) groups is 1. The summed E-state index contributed by atoms with van der Waals surface area (Å²) in [5.41, 5.74) is 5.42. The fourth-order valence-electron chi connectivity index (χ4n) is 1.65. The monoisotopic (exact) mass is 231 g/mol. The number of nitrogens with zero attached hydrogens (tertiary/aromatic N) is 1. The molecule has 1 aliphatic rings. The number of likely N-dealkylation sites (tertiary alicyclic amines) is 1. The van der Waals surface area contributed by atoms with E-state index in [0.29, 0.717) is 4.99 Å². The molecule has 1 fully saturated rings. The molecule has 1 atom stereocenters. The molecule has 0 spiro atoms. The first kappa shape index (κ1) is 12.2. The number of methoxy groups -OCH3 is 1. The first-order chi connectivity index (χ1) is 7.11. The molecule has 1 rings (SSSR count). The van der Waals surface area contributed by atoms with Crippen molar-refractivity contribution in [3.8, 4) is 0 Å². The van der Waals surface area contributed by atoms with Crippen LogP contribution in [-0.4, -0.2) is 48.8 Å². The summed E-state index contributed by atoms with van der Waals surface area (Å²) in [7, 11) is 1.37. The molecule has 1 amide bonds. The van der Waals surface area contributed by atoms with Gasteiger partial charge in [0.15, 0.2) is 0 Å². The molecular formula is C9H17N3O2S. The maximum atomic E-state index is 10.9. The van der Waals surface area contributed by atoms with Gasteiger partial charge in [-0.05, 0) is 6.42 Å². The van der Waals surface area contributed by atoms with Crippen LogP contribution < -0.4 is 11.1 Å². The quantitative estimate of drug-likeness (QED) is 0.671. The lowest BCUT2D eigenvalue weighted by atomic mass is 10.3. The van der Waals surface area contributed by atoms with Crippen molar-refractivity contribution in [1.82, 2.24) is 10.2 Å². The Balaban J connectivity index is 2.20. The smallest absolute Gasteiger partial charge is 0.407 e. The van der Waals surface area contributed by atoms with Crippen LogP contribution in [0.15, 0.2) is 0 Å². The summed E-state index contributed by atoms with van der Waals surface area (Å²) in [6.07, 6.45) is 1.32. The van der Waals surface area contributed by atoms with Crippen LogP contribution in [-0.2, 0) is 4.74 Å². The number of carbonyl (C=O) groups excluding carboxylic acids is 1. The minimum absolute atomic E-state index is 0.184. The number of alkyl carbamates (subject to hydrolysis) is 1. The van der Waals surface area contributed by atoms with E-state index in [1.54, 1.807) is 0 Å². The summed E-state index contributed by atoms with van der Waals surface area (Å²) in [4.78, 5) is 13.7. The molecule has 0 aromatic carbocycles. The molecule has 1 unspecified atom stereocenters. The Morgan fingerprint density at radius 1 is 1.73 bits per heavy atom. The van der Waals surface area contributed by atoms with Crippen molar-refractivity contribution >= 4 is 23.3 Å². The van der Waals surface area contributed by atoms with E-state index in [1.807, 2.05) is 0 Å². The highest BCUT2D eigenvalue weighted by molar-refractivity contribution is 7.80. The summed E-state index contributed by atoms with van der Waals surface area (Å²) in [6.45, 7) is 2.68. The van der Waals surface area contributed by atoms with Crippen LogP contribution in [0.1, 0.15) is 12.8 Å². The molecule has 3 N–H and O–H groups in total. The molecule has 1 heterocycles. The number of amides is 1. The van der Waals surface area contributed by atoms with Crippen LogP contribution in [0.25, 0.3) is 0 Å². The number of ether oxygens (including phenoxy) is 1. The van der Waals surface area contributed by atoms with Gasteiger partial charge < -0.3 is 20.7 Å². The Bertz CT molecular complexity index is 248. The van der Waals surface area contributed by atoms with E-state index < -0.39 is 0 Å². The molecule has 86 valence electrons. The summed E-state index contributed by atoms with van der Waals surface area (Å²) in [6, 6.07) is 0.184. The highest BCUT2D eigenvalue weighted by Crippen LogP contribution is 2.09. The number of rotatable bonds is 4. The molecule has 0 aromatic heterocycles. The van der Waals surface area contributed by atoms with Crippen molar-refractivity contribution in [2.45, 2.75) is 18.9 Å². The average Bonchev–Trinajstić information content (AvgIpc) is 2.62. The Morgan fingerprint density at radius 3 is 3.07 bits per heavy atom. The maximum Gasteiger partial charge on any atom is 0.407 e. The van der Waals surface area contributed by atoms with E-state index >= 15 is 0 Å². The number of nitrogens with one attached hydrogen (secondary N) is 1. The molecule has 15 heavy (non-hydrogen) atoms. The standard InChI is InChI=1S/C9H17N3O2S/c1-14-9(13)11-7-2-4-12(6-7)5-3-8(10)15/h7H,2-6H2,1H3,(H2,10,15)(H,11,13). The highest BCUT2D eigenvalue weighted by atomic mass is 32.1. The van der Waals surface area contributed by atoms with Crippen LogP contribution >= 0.6 is 12.2 Å². The zero-order chi connectivity index (χ0) is 11.3. The van der Waals surface area contributed by atoms with Gasteiger partial charge in [-0.1, -0.05) is 12.2 Å². The van der Waals surface area contributed by atoms with Crippen molar-refractivity contribution in [1.29, 1.82) is 0 Å². The van der Waals surface area contributed by atoms with Gasteiger partial charge in [-0.3, -0.25) is 0 Å². The van der Waals surface area contributed by atoms with E-state index in [1.165, 1.54) is 7.11 Å². The van der Waals surface area contributed by atoms with Crippen molar-refractivity contribution in [3.63, 3.8) is 0 Å². The van der Waals surface area contributed by atoms with Gasteiger partial charge >= 0.3 is 6.09 Å². The lowest BCUT2D eigenvalue weighted by Crippen LogP contribution is -2.37. The Morgan fingerprint density at radius 2 is 2.47 bits per heavy atom. The van der Waals surface area contributed by atoms with Crippen LogP contribution in [0.3, 0.4) is 0 Å². The lowest BCUT2D eigenvalue weighted by Gasteiger charge is -2.15. The zero-order valence-corrected chi connectivity index (χ0v) is 9.68. The molecule has 6 heteroatoms. The highest BCUT2D eigenvalue weighted by Gasteiger charge is 2.23. The van der Waals surface area contributed by atoms with Gasteiger partial charge in [-0.2, -0.15) is 0 Å². The fourth-order valence-corrected chi connectivity index (χ4v) is 1.74. The molecule has 5 nitrogen and oxygen atoms in total. The number of nitrogens with two attached hydrogens (primary N) is 1. The molecule has 0 radical (unpaired) electrons. The molecule has 0 aromatic rings. The first-order valence-electron chi connectivity index (χ1n) is 4.97. The third-order valence-electron chi connectivity index (χ3n) is 2.45. The zero-order valence-electron chi connectivity index (χ0n) is 8.86. The van der Waals surface area contributed by atoms with E-state index in [9.17, 15) is 4.79 Å². The van der Waals surface area contributed by atoms with Gasteiger partial charge in [0.1, 0.15) is 0 Å². The Labute approximate surface area is 94.9 Å². The average molecular weight is 231 g/mol. The minimum Gasteiger partial charge on any atom is -0.453 e. The van der Waals surface area contributed by atoms with Crippen LogP contribution in [0, 0.1) is 0 Å². The SMILES string of the molecule is COC(=O)NC1CCN(CCC(N)=S)C1. The van der Waals surface area contributed by atoms with Gasteiger partial charge in [0.25, 0.3) is 0 Å². The second-order valence-electron chi connectivity index (χ2n) is 3.64. The van der Waals surface area contributed by atoms with E-state index in [4.69, 9.17) is 18.0 Å². The summed E-state index contributed by atoms with van der Waals surface area (Å²) >= 11 is 4.81. The van der Waals surface area contributed by atoms with Crippen molar-refractivity contribution in [3.05, 3.63) is 0 Å². The third-order valence-corrected chi connectivity index (χ3v) is 2.66. The molecule has 1 aliphatic heterocycles. The molecule has 0 aliphatic carbocycles. The van der Waals surface area contributed by atoms with E-state index in [2.05, 4.69) is 15.0 Å². The first-order valence-corrected chi connectivity index (χ1v) is 5.37. The molecular weight excluding hydrogens is 214 g/mol. The Kier molecular flexibility index (Phi) is 4.77. The van der Waals surface area contributed by atoms with Gasteiger partial charge in [0.2, 0.25) is 0 Å². The summed E-state index contributed by atoms with van der Waals surface area (Å²) < 4.78 is 4.54. The number of hydrogen-bond acceptors (Lipinski definition) is 4. The maximum absolute atomic E-state index is 10.9. The second kappa shape index (κ2) is 5.87. The third kappa shape index (κ3) is 4.44. The number of hydrogen-bond donors (Lipinski definition) is 2. The van der Waals surface area contributed by atoms with Crippen LogP contribution in [0.4, 0.5) is 4.79 Å². The largest absolute Gasteiger partial charge is 0.453 e. The van der Waals surface area contributed by atoms with Gasteiger partial charge in [0, 0.05) is 32.1 Å². The van der Waals surface area contributed by atoms with Gasteiger partial charge in [0.05, 0.1) is 12.1 Å². The molecule has 1 saturated heterocycles. The normalized spacial score (nSPS) is 21.3. The van der Waals surface area contributed by atoms with Crippen molar-refractivity contribution in [2.75, 3.05) is 26.7 Å². The topological polar surface area (TPSA) is 67.6 Å². The van der Waals surface area contributed by atoms with Crippen LogP contribution in [0.2, 0.25) is 0 Å². The minimum atomic E-state index is -0.365. The van der Waals surface area contributed by atoms with Gasteiger partial charge in [-0.25, -0.2) is 4.79 Å². The van der Waals surface area contributed by atoms with Crippen LogP contribution in [0.5, 0.6) is 0 Å². The number of carbonyl (C=O) groups is 1. The Hall–Kier alpha value is -0.880. The van der Waals surface area contributed by atoms with E-state index in [0.717, 1.165) is 32.5 Å².